The Morgan fingerprint density at radius 2 is 2.36 bits per heavy atom. The molecule has 2 aliphatic heterocycles. The molecule has 0 spiro atoms. The highest BCUT2D eigenvalue weighted by Crippen LogP contribution is 2.11. The zero-order valence-electron chi connectivity index (χ0n) is 8.75. The Kier molecular flexibility index (Phi) is 3.03. The van der Waals surface area contributed by atoms with Crippen molar-refractivity contribution in [2.45, 2.75) is 31.3 Å². The van der Waals surface area contributed by atoms with Gasteiger partial charge in [-0.3, -0.25) is 4.79 Å². The fourth-order valence-corrected chi connectivity index (χ4v) is 2.33. The summed E-state index contributed by atoms with van der Waals surface area (Å²) < 4.78 is 0. The minimum atomic E-state index is 0.216. The minimum Gasteiger partial charge on any atom is -0.352 e. The first-order chi connectivity index (χ1) is 6.75. The van der Waals surface area contributed by atoms with E-state index >= 15 is 0 Å². The SMILES string of the molecule is CN(CC1CCC(=O)N1)C1CCNC1. The molecule has 4 nitrogen and oxygen atoms in total. The molecule has 2 fully saturated rings. The highest BCUT2D eigenvalue weighted by Gasteiger charge is 2.25. The maximum Gasteiger partial charge on any atom is 0.220 e. The lowest BCUT2D eigenvalue weighted by Gasteiger charge is -2.26. The third kappa shape index (κ3) is 2.25. The van der Waals surface area contributed by atoms with Crippen LogP contribution < -0.4 is 10.6 Å². The molecule has 2 unspecified atom stereocenters. The van der Waals surface area contributed by atoms with Gasteiger partial charge in [0, 0.05) is 31.6 Å². The van der Waals surface area contributed by atoms with E-state index in [2.05, 4.69) is 22.6 Å². The van der Waals surface area contributed by atoms with Crippen molar-refractivity contribution in [2.75, 3.05) is 26.7 Å². The second kappa shape index (κ2) is 4.28. The van der Waals surface area contributed by atoms with Crippen molar-refractivity contribution in [3.05, 3.63) is 0 Å². The molecule has 0 aliphatic carbocycles. The molecule has 0 saturated carbocycles. The fraction of sp³-hybridized carbons (Fsp3) is 0.900. The van der Waals surface area contributed by atoms with Crippen LogP contribution in [-0.4, -0.2) is 49.6 Å². The van der Waals surface area contributed by atoms with Crippen molar-refractivity contribution in [2.24, 2.45) is 0 Å². The van der Waals surface area contributed by atoms with Gasteiger partial charge in [0.25, 0.3) is 0 Å². The van der Waals surface area contributed by atoms with Crippen LogP contribution >= 0.6 is 0 Å². The van der Waals surface area contributed by atoms with Crippen molar-refractivity contribution in [3.8, 4) is 0 Å². The molecule has 0 aromatic carbocycles. The standard InChI is InChI=1S/C10H19N3O/c1-13(9-4-5-11-6-9)7-8-2-3-10(14)12-8/h8-9,11H,2-7H2,1H3,(H,12,14). The number of carbonyl (C=O) groups excluding carboxylic acids is 1. The molecule has 1 amide bonds. The maximum atomic E-state index is 11.0. The smallest absolute Gasteiger partial charge is 0.220 e. The quantitative estimate of drug-likeness (QED) is 0.644. The molecule has 2 aliphatic rings. The van der Waals surface area contributed by atoms with Crippen LogP contribution in [0.5, 0.6) is 0 Å². The van der Waals surface area contributed by atoms with Crippen LogP contribution in [0.2, 0.25) is 0 Å². The zero-order chi connectivity index (χ0) is 9.97. The van der Waals surface area contributed by atoms with Gasteiger partial charge in [-0.05, 0) is 26.4 Å². The van der Waals surface area contributed by atoms with Crippen molar-refractivity contribution < 1.29 is 4.79 Å². The number of hydrogen-bond acceptors (Lipinski definition) is 3. The predicted molar refractivity (Wildman–Crippen MR) is 55.1 cm³/mol. The number of hydrogen-bond donors (Lipinski definition) is 2. The topological polar surface area (TPSA) is 44.4 Å². The molecular weight excluding hydrogens is 178 g/mol. The van der Waals surface area contributed by atoms with Crippen LogP contribution in [0.25, 0.3) is 0 Å². The highest BCUT2D eigenvalue weighted by molar-refractivity contribution is 5.78. The van der Waals surface area contributed by atoms with E-state index in [1.807, 2.05) is 0 Å². The normalized spacial score (nSPS) is 32.6. The monoisotopic (exact) mass is 197 g/mol. The van der Waals surface area contributed by atoms with E-state index in [4.69, 9.17) is 0 Å². The average molecular weight is 197 g/mol. The first-order valence-corrected chi connectivity index (χ1v) is 5.46. The summed E-state index contributed by atoms with van der Waals surface area (Å²) in [6.45, 7) is 3.22. The van der Waals surface area contributed by atoms with Crippen molar-refractivity contribution >= 4 is 5.91 Å². The second-order valence-corrected chi connectivity index (χ2v) is 4.39. The summed E-state index contributed by atoms with van der Waals surface area (Å²) in [5.41, 5.74) is 0. The van der Waals surface area contributed by atoms with E-state index < -0.39 is 0 Å². The van der Waals surface area contributed by atoms with Gasteiger partial charge in [-0.2, -0.15) is 0 Å². The van der Waals surface area contributed by atoms with Crippen molar-refractivity contribution in [1.29, 1.82) is 0 Å². The summed E-state index contributed by atoms with van der Waals surface area (Å²) in [5, 5.41) is 6.37. The van der Waals surface area contributed by atoms with Gasteiger partial charge in [0.05, 0.1) is 0 Å². The summed E-state index contributed by atoms with van der Waals surface area (Å²) in [4.78, 5) is 13.4. The second-order valence-electron chi connectivity index (χ2n) is 4.39. The summed E-state index contributed by atoms with van der Waals surface area (Å²) in [6, 6.07) is 1.04. The largest absolute Gasteiger partial charge is 0.352 e. The predicted octanol–water partition coefficient (Wildman–Crippen LogP) is -0.441. The van der Waals surface area contributed by atoms with Crippen LogP contribution in [0.1, 0.15) is 19.3 Å². The van der Waals surface area contributed by atoms with Gasteiger partial charge in [0.1, 0.15) is 0 Å². The van der Waals surface area contributed by atoms with E-state index in [0.29, 0.717) is 18.5 Å². The van der Waals surface area contributed by atoms with Gasteiger partial charge >= 0.3 is 0 Å². The molecular formula is C10H19N3O. The van der Waals surface area contributed by atoms with Crippen LogP contribution in [0.15, 0.2) is 0 Å². The minimum absolute atomic E-state index is 0.216. The Hall–Kier alpha value is -0.610. The molecule has 0 radical (unpaired) electrons. The first kappa shape index (κ1) is 9.93. The molecule has 80 valence electrons. The maximum absolute atomic E-state index is 11.0. The van der Waals surface area contributed by atoms with E-state index in [-0.39, 0.29) is 5.91 Å². The van der Waals surface area contributed by atoms with Crippen LogP contribution in [0.4, 0.5) is 0 Å². The lowest BCUT2D eigenvalue weighted by Crippen LogP contribution is -2.42. The van der Waals surface area contributed by atoms with E-state index in [0.717, 1.165) is 26.1 Å². The third-order valence-electron chi connectivity index (χ3n) is 3.25. The Morgan fingerprint density at radius 1 is 1.50 bits per heavy atom. The molecule has 2 rings (SSSR count). The Morgan fingerprint density at radius 3 is 2.93 bits per heavy atom. The van der Waals surface area contributed by atoms with Crippen molar-refractivity contribution in [3.63, 3.8) is 0 Å². The van der Waals surface area contributed by atoms with Crippen molar-refractivity contribution in [1.82, 2.24) is 15.5 Å². The molecule has 2 saturated heterocycles. The lowest BCUT2D eigenvalue weighted by molar-refractivity contribution is -0.119. The average Bonchev–Trinajstić information content (AvgIpc) is 2.75. The summed E-state index contributed by atoms with van der Waals surface area (Å²) in [6.07, 6.45) is 2.95. The lowest BCUT2D eigenvalue weighted by atomic mass is 10.1. The zero-order valence-corrected chi connectivity index (χ0v) is 8.75. The van der Waals surface area contributed by atoms with E-state index in [1.165, 1.54) is 6.42 Å². The Balaban J connectivity index is 1.76. The van der Waals surface area contributed by atoms with Gasteiger partial charge in [0.15, 0.2) is 0 Å². The Labute approximate surface area is 85.0 Å². The fourth-order valence-electron chi connectivity index (χ4n) is 2.33. The highest BCUT2D eigenvalue weighted by atomic mass is 16.1. The number of amides is 1. The van der Waals surface area contributed by atoms with E-state index in [1.54, 1.807) is 0 Å². The third-order valence-corrected chi connectivity index (χ3v) is 3.25. The molecule has 0 aromatic heterocycles. The summed E-state index contributed by atoms with van der Waals surface area (Å²) >= 11 is 0. The summed E-state index contributed by atoms with van der Waals surface area (Å²) in [5.74, 6) is 0.216. The summed E-state index contributed by atoms with van der Waals surface area (Å²) in [7, 11) is 2.15. The molecule has 2 atom stereocenters. The van der Waals surface area contributed by atoms with Crippen LogP contribution in [0.3, 0.4) is 0 Å². The number of rotatable bonds is 3. The number of likely N-dealkylation sites (N-methyl/N-ethyl adjacent to an activating group) is 1. The molecule has 2 N–H and O–H groups in total. The van der Waals surface area contributed by atoms with Gasteiger partial charge in [-0.1, -0.05) is 0 Å². The van der Waals surface area contributed by atoms with Gasteiger partial charge in [-0.15, -0.1) is 0 Å². The van der Waals surface area contributed by atoms with Gasteiger partial charge in [-0.25, -0.2) is 0 Å². The van der Waals surface area contributed by atoms with Crippen LogP contribution in [-0.2, 0) is 4.79 Å². The molecule has 4 heteroatoms. The molecule has 0 aromatic rings. The first-order valence-electron chi connectivity index (χ1n) is 5.46. The molecule has 14 heavy (non-hydrogen) atoms. The number of nitrogens with one attached hydrogen (secondary N) is 2. The van der Waals surface area contributed by atoms with Crippen LogP contribution in [0, 0.1) is 0 Å². The number of carbonyl (C=O) groups is 1. The van der Waals surface area contributed by atoms with Gasteiger partial charge in [0.2, 0.25) is 5.91 Å². The van der Waals surface area contributed by atoms with Gasteiger partial charge < -0.3 is 15.5 Å². The van der Waals surface area contributed by atoms with E-state index in [9.17, 15) is 4.79 Å². The Bertz CT molecular complexity index is 213. The molecule has 0 bridgehead atoms. The molecule has 2 heterocycles. The number of nitrogens with zero attached hydrogens (tertiary/aromatic N) is 1.